The van der Waals surface area contributed by atoms with Crippen molar-refractivity contribution in [3.63, 3.8) is 0 Å². The molecule has 0 unspecified atom stereocenters. The van der Waals surface area contributed by atoms with Gasteiger partial charge >= 0.3 is 0 Å². The number of rotatable bonds is 4. The Labute approximate surface area is 130 Å². The Balaban J connectivity index is 1.51. The zero-order valence-electron chi connectivity index (χ0n) is 12.5. The molecule has 0 saturated heterocycles. The molecule has 0 aromatic carbocycles. The molecule has 23 heavy (non-hydrogen) atoms. The van der Waals surface area contributed by atoms with Crippen molar-refractivity contribution in [2.75, 3.05) is 0 Å². The van der Waals surface area contributed by atoms with E-state index in [0.717, 1.165) is 18.6 Å². The fourth-order valence-corrected chi connectivity index (χ4v) is 2.54. The molecule has 0 spiro atoms. The van der Waals surface area contributed by atoms with E-state index in [9.17, 15) is 9.59 Å². The van der Waals surface area contributed by atoms with Gasteiger partial charge in [0, 0.05) is 24.2 Å². The van der Waals surface area contributed by atoms with Gasteiger partial charge in [0.05, 0.1) is 17.8 Å². The van der Waals surface area contributed by atoms with Crippen LogP contribution >= 0.6 is 0 Å². The normalized spacial score (nSPS) is 14.3. The first kappa shape index (κ1) is 13.7. The van der Waals surface area contributed by atoms with E-state index in [2.05, 4.69) is 20.6 Å². The lowest BCUT2D eigenvalue weighted by Crippen LogP contribution is -2.25. The fraction of sp³-hybridized carbons (Fsp3) is 0.333. The van der Waals surface area contributed by atoms with Crippen molar-refractivity contribution in [2.45, 2.75) is 32.2 Å². The minimum absolute atomic E-state index is 0.256. The summed E-state index contributed by atoms with van der Waals surface area (Å²) in [5.74, 6) is 1.10. The molecule has 0 atom stereocenters. The van der Waals surface area contributed by atoms with Gasteiger partial charge < -0.3 is 9.84 Å². The highest BCUT2D eigenvalue weighted by molar-refractivity contribution is 5.95. The lowest BCUT2D eigenvalue weighted by molar-refractivity contribution is 0.0948. The Morgan fingerprint density at radius 1 is 1.48 bits per heavy atom. The zero-order chi connectivity index (χ0) is 16.0. The van der Waals surface area contributed by atoms with Crippen molar-refractivity contribution < 1.29 is 9.32 Å². The minimum Gasteiger partial charge on any atom is -0.361 e. The van der Waals surface area contributed by atoms with E-state index in [1.165, 1.54) is 16.8 Å². The van der Waals surface area contributed by atoms with Gasteiger partial charge in [-0.2, -0.15) is 0 Å². The smallest absolute Gasteiger partial charge is 0.266 e. The summed E-state index contributed by atoms with van der Waals surface area (Å²) < 4.78 is 6.75. The maximum atomic E-state index is 12.3. The molecule has 0 aliphatic heterocycles. The van der Waals surface area contributed by atoms with Gasteiger partial charge in [-0.1, -0.05) is 5.16 Å². The number of carbonyl (C=O) groups excluding carboxylic acids is 1. The first-order valence-electron chi connectivity index (χ1n) is 7.43. The van der Waals surface area contributed by atoms with Crippen molar-refractivity contribution in [2.24, 2.45) is 0 Å². The molecule has 3 aromatic rings. The van der Waals surface area contributed by atoms with Gasteiger partial charge in [0.2, 0.25) is 0 Å². The molecule has 4 rings (SSSR count). The first-order chi connectivity index (χ1) is 11.1. The third kappa shape index (κ3) is 2.52. The summed E-state index contributed by atoms with van der Waals surface area (Å²) in [7, 11) is 0. The van der Waals surface area contributed by atoms with Crippen LogP contribution in [0, 0.1) is 6.92 Å². The van der Waals surface area contributed by atoms with Crippen LogP contribution < -0.4 is 10.9 Å². The van der Waals surface area contributed by atoms with Gasteiger partial charge in [0.1, 0.15) is 11.5 Å². The maximum absolute atomic E-state index is 12.3. The molecule has 2 N–H and O–H groups in total. The highest BCUT2D eigenvalue weighted by atomic mass is 16.5. The Kier molecular flexibility index (Phi) is 3.03. The number of nitrogens with zero attached hydrogens (tertiary/aromatic N) is 3. The van der Waals surface area contributed by atoms with Crippen LogP contribution in [0.4, 0.5) is 0 Å². The molecule has 3 heterocycles. The van der Waals surface area contributed by atoms with Gasteiger partial charge in [-0.15, -0.1) is 0 Å². The van der Waals surface area contributed by atoms with E-state index < -0.39 is 0 Å². The average Bonchev–Trinajstić information content (AvgIpc) is 3.14. The van der Waals surface area contributed by atoms with E-state index in [-0.39, 0.29) is 18.0 Å². The van der Waals surface area contributed by atoms with Gasteiger partial charge in [0.15, 0.2) is 5.65 Å². The van der Waals surface area contributed by atoms with Gasteiger partial charge in [-0.05, 0) is 19.8 Å². The van der Waals surface area contributed by atoms with Crippen LogP contribution in [0.1, 0.15) is 46.3 Å². The summed E-state index contributed by atoms with van der Waals surface area (Å²) in [5, 5.41) is 9.36. The highest BCUT2D eigenvalue weighted by Crippen LogP contribution is 2.40. The SMILES string of the molecule is Cc1c(C(=O)NCc2cc(C3CC3)on2)cnc2cc(=O)[nH]n12. The molecule has 1 aliphatic carbocycles. The predicted octanol–water partition coefficient (Wildman–Crippen LogP) is 1.13. The van der Waals surface area contributed by atoms with Crippen LogP contribution in [0.2, 0.25) is 0 Å². The topological polar surface area (TPSA) is 105 Å². The van der Waals surface area contributed by atoms with E-state index in [0.29, 0.717) is 28.5 Å². The first-order valence-corrected chi connectivity index (χ1v) is 7.43. The van der Waals surface area contributed by atoms with Crippen LogP contribution in [0.25, 0.3) is 5.65 Å². The van der Waals surface area contributed by atoms with Crippen LogP contribution in [-0.4, -0.2) is 25.7 Å². The minimum atomic E-state index is -0.276. The van der Waals surface area contributed by atoms with E-state index in [1.807, 2.05) is 6.07 Å². The van der Waals surface area contributed by atoms with Crippen LogP contribution in [-0.2, 0) is 6.54 Å². The van der Waals surface area contributed by atoms with Gasteiger partial charge in [0.25, 0.3) is 11.5 Å². The molecular weight excluding hydrogens is 298 g/mol. The second-order valence-electron chi connectivity index (χ2n) is 5.75. The van der Waals surface area contributed by atoms with E-state index >= 15 is 0 Å². The number of aromatic nitrogens is 4. The average molecular weight is 313 g/mol. The number of aryl methyl sites for hydroxylation is 1. The number of hydrogen-bond donors (Lipinski definition) is 2. The van der Waals surface area contributed by atoms with Crippen molar-refractivity contribution in [1.82, 2.24) is 25.1 Å². The molecular formula is C15H15N5O3. The number of carbonyl (C=O) groups is 1. The molecule has 1 fully saturated rings. The molecule has 0 bridgehead atoms. The van der Waals surface area contributed by atoms with E-state index in [4.69, 9.17) is 4.52 Å². The Morgan fingerprint density at radius 3 is 3.09 bits per heavy atom. The summed E-state index contributed by atoms with van der Waals surface area (Å²) >= 11 is 0. The lowest BCUT2D eigenvalue weighted by atomic mass is 10.2. The maximum Gasteiger partial charge on any atom is 0.266 e. The number of hydrogen-bond acceptors (Lipinski definition) is 5. The molecule has 1 saturated carbocycles. The third-order valence-electron chi connectivity index (χ3n) is 3.99. The molecule has 118 valence electrons. The highest BCUT2D eigenvalue weighted by Gasteiger charge is 2.27. The molecule has 0 radical (unpaired) electrons. The Morgan fingerprint density at radius 2 is 2.30 bits per heavy atom. The molecule has 1 aliphatic rings. The molecule has 8 heteroatoms. The summed E-state index contributed by atoms with van der Waals surface area (Å²) in [5.41, 5.74) is 1.94. The summed E-state index contributed by atoms with van der Waals surface area (Å²) in [6.07, 6.45) is 3.74. The summed E-state index contributed by atoms with van der Waals surface area (Å²) in [4.78, 5) is 27.8. The van der Waals surface area contributed by atoms with Crippen molar-refractivity contribution in [1.29, 1.82) is 0 Å². The van der Waals surface area contributed by atoms with Crippen LogP contribution in [0.15, 0.2) is 27.6 Å². The predicted molar refractivity (Wildman–Crippen MR) is 80.2 cm³/mol. The summed E-state index contributed by atoms with van der Waals surface area (Å²) in [6.45, 7) is 2.04. The number of aromatic amines is 1. The lowest BCUT2D eigenvalue weighted by Gasteiger charge is -2.07. The number of nitrogens with one attached hydrogen (secondary N) is 2. The monoisotopic (exact) mass is 313 g/mol. The third-order valence-corrected chi connectivity index (χ3v) is 3.99. The van der Waals surface area contributed by atoms with Crippen molar-refractivity contribution >= 4 is 11.6 Å². The van der Waals surface area contributed by atoms with Crippen LogP contribution in [0.3, 0.4) is 0 Å². The standard InChI is InChI=1S/C15H15N5O3/c1-8-11(7-16-13-5-14(21)18-20(8)13)15(22)17-6-10-4-12(23-19-10)9-2-3-9/h4-5,7,9H,2-3,6H2,1H3,(H,17,22)(H,18,21). The Hall–Kier alpha value is -2.90. The largest absolute Gasteiger partial charge is 0.361 e. The molecule has 1 amide bonds. The Bertz CT molecular complexity index is 948. The van der Waals surface area contributed by atoms with Crippen LogP contribution in [0.5, 0.6) is 0 Å². The summed E-state index contributed by atoms with van der Waals surface area (Å²) in [6, 6.07) is 3.26. The van der Waals surface area contributed by atoms with Gasteiger partial charge in [-0.25, -0.2) is 9.50 Å². The number of fused-ring (bicyclic) bond motifs is 1. The second kappa shape index (κ2) is 5.08. The quantitative estimate of drug-likeness (QED) is 0.751. The second-order valence-corrected chi connectivity index (χ2v) is 5.75. The molecule has 3 aromatic heterocycles. The zero-order valence-corrected chi connectivity index (χ0v) is 12.5. The van der Waals surface area contributed by atoms with Gasteiger partial charge in [-0.3, -0.25) is 14.7 Å². The number of H-pyrrole nitrogens is 1. The van der Waals surface area contributed by atoms with E-state index in [1.54, 1.807) is 6.92 Å². The van der Waals surface area contributed by atoms with Crippen molar-refractivity contribution in [3.05, 3.63) is 51.4 Å². The van der Waals surface area contributed by atoms with Crippen molar-refractivity contribution in [3.8, 4) is 0 Å². The molecule has 8 nitrogen and oxygen atoms in total. The number of amides is 1. The fourth-order valence-electron chi connectivity index (χ4n) is 2.54.